The monoisotopic (exact) mass is 525 g/mol. The minimum absolute atomic E-state index is 0.214. The molecule has 8 nitrogen and oxygen atoms in total. The topological polar surface area (TPSA) is 108 Å². The Morgan fingerprint density at radius 2 is 1.62 bits per heavy atom. The standard InChI is InChI=1S/C28H35N3O5S/c1-31(24-13-7-4-8-14-24)37(34,35)17-16-28(33)30-26(19-22-10-5-3-6-11-22)27(32)21-29-20-23-12-9-15-25(18-23)36-2/h3-15,18,26-27,29,32H,16-17,19-21H2,1-2H3,(H,30,33)/t26-,27+/m0/s1. The lowest BCUT2D eigenvalue weighted by Gasteiger charge is -2.25. The van der Waals surface area contributed by atoms with Gasteiger partial charge in [0.1, 0.15) is 5.75 Å². The van der Waals surface area contributed by atoms with Gasteiger partial charge < -0.3 is 20.5 Å². The third kappa shape index (κ3) is 8.89. The van der Waals surface area contributed by atoms with Crippen LogP contribution in [0.4, 0.5) is 5.69 Å². The van der Waals surface area contributed by atoms with Gasteiger partial charge in [-0.1, -0.05) is 60.7 Å². The molecule has 198 valence electrons. The zero-order valence-corrected chi connectivity index (χ0v) is 22.0. The van der Waals surface area contributed by atoms with E-state index < -0.39 is 28.1 Å². The number of nitrogens with one attached hydrogen (secondary N) is 2. The molecular weight excluding hydrogens is 490 g/mol. The normalized spacial score (nSPS) is 12.9. The zero-order valence-electron chi connectivity index (χ0n) is 21.2. The van der Waals surface area contributed by atoms with Gasteiger partial charge in [0.15, 0.2) is 0 Å². The van der Waals surface area contributed by atoms with Crippen LogP contribution in [0.25, 0.3) is 0 Å². The van der Waals surface area contributed by atoms with Crippen molar-refractivity contribution in [2.75, 3.05) is 30.8 Å². The van der Waals surface area contributed by atoms with Crippen molar-refractivity contribution >= 4 is 21.6 Å². The Kier molecular flexibility index (Phi) is 10.5. The number of aliphatic hydroxyl groups is 1. The maximum Gasteiger partial charge on any atom is 0.235 e. The molecule has 9 heteroatoms. The van der Waals surface area contributed by atoms with Crippen LogP contribution < -0.4 is 19.7 Å². The Morgan fingerprint density at radius 3 is 2.30 bits per heavy atom. The molecule has 0 radical (unpaired) electrons. The summed E-state index contributed by atoms with van der Waals surface area (Å²) in [6.45, 7) is 0.758. The summed E-state index contributed by atoms with van der Waals surface area (Å²) >= 11 is 0. The largest absolute Gasteiger partial charge is 0.497 e. The maximum absolute atomic E-state index is 12.8. The molecule has 37 heavy (non-hydrogen) atoms. The van der Waals surface area contributed by atoms with Crippen molar-refractivity contribution in [3.63, 3.8) is 0 Å². The summed E-state index contributed by atoms with van der Waals surface area (Å²) in [5, 5.41) is 17.0. The maximum atomic E-state index is 12.8. The second kappa shape index (κ2) is 13.8. The second-order valence-electron chi connectivity index (χ2n) is 8.78. The molecule has 1 amide bonds. The lowest BCUT2D eigenvalue weighted by atomic mass is 10.0. The molecule has 2 atom stereocenters. The van der Waals surface area contributed by atoms with E-state index in [4.69, 9.17) is 4.74 Å². The second-order valence-corrected chi connectivity index (χ2v) is 10.9. The number of methoxy groups -OCH3 is 1. The van der Waals surface area contributed by atoms with E-state index in [9.17, 15) is 18.3 Å². The number of carbonyl (C=O) groups is 1. The van der Waals surface area contributed by atoms with Crippen LogP contribution >= 0.6 is 0 Å². The van der Waals surface area contributed by atoms with E-state index in [0.29, 0.717) is 18.7 Å². The van der Waals surface area contributed by atoms with Crippen LogP contribution in [0.5, 0.6) is 5.75 Å². The fourth-order valence-electron chi connectivity index (χ4n) is 3.88. The van der Waals surface area contributed by atoms with Gasteiger partial charge in [0.05, 0.1) is 30.7 Å². The van der Waals surface area contributed by atoms with Gasteiger partial charge in [-0.2, -0.15) is 0 Å². The van der Waals surface area contributed by atoms with Gasteiger partial charge in [0.2, 0.25) is 15.9 Å². The van der Waals surface area contributed by atoms with Gasteiger partial charge in [0.25, 0.3) is 0 Å². The third-order valence-corrected chi connectivity index (χ3v) is 7.82. The van der Waals surface area contributed by atoms with Crippen molar-refractivity contribution in [3.8, 4) is 5.75 Å². The number of hydrogen-bond acceptors (Lipinski definition) is 6. The van der Waals surface area contributed by atoms with Gasteiger partial charge in [0, 0.05) is 26.6 Å². The van der Waals surface area contributed by atoms with Crippen LogP contribution in [-0.2, 0) is 27.8 Å². The Bertz CT molecular complexity index is 1220. The van der Waals surface area contributed by atoms with Crippen LogP contribution in [0.3, 0.4) is 0 Å². The SMILES string of the molecule is COc1cccc(CNC[C@@H](O)[C@H](Cc2ccccc2)NC(=O)CCS(=O)(=O)N(C)c2ccccc2)c1. The fourth-order valence-corrected chi connectivity index (χ4v) is 5.04. The molecular formula is C28H35N3O5S. The summed E-state index contributed by atoms with van der Waals surface area (Å²) in [5.74, 6) is -0.0216. The molecule has 3 N–H and O–H groups in total. The van der Waals surface area contributed by atoms with E-state index in [-0.39, 0.29) is 18.7 Å². The third-order valence-electron chi connectivity index (χ3n) is 6.05. The van der Waals surface area contributed by atoms with Crippen LogP contribution in [0.15, 0.2) is 84.9 Å². The van der Waals surface area contributed by atoms with Gasteiger partial charge in [-0.25, -0.2) is 8.42 Å². The lowest BCUT2D eigenvalue weighted by Crippen LogP contribution is -2.49. The number of anilines is 1. The molecule has 0 unspecified atom stereocenters. The first-order valence-corrected chi connectivity index (χ1v) is 13.8. The number of sulfonamides is 1. The average molecular weight is 526 g/mol. The highest BCUT2D eigenvalue weighted by molar-refractivity contribution is 7.92. The predicted molar refractivity (Wildman–Crippen MR) is 146 cm³/mol. The van der Waals surface area contributed by atoms with Crippen LogP contribution in [-0.4, -0.2) is 58.0 Å². The van der Waals surface area contributed by atoms with Gasteiger partial charge in [-0.15, -0.1) is 0 Å². The molecule has 3 aromatic carbocycles. The highest BCUT2D eigenvalue weighted by atomic mass is 32.2. The van der Waals surface area contributed by atoms with E-state index in [1.807, 2.05) is 54.6 Å². The Balaban J connectivity index is 1.59. The molecule has 0 bridgehead atoms. The molecule has 0 fully saturated rings. The van der Waals surface area contributed by atoms with E-state index in [1.165, 1.54) is 11.4 Å². The number of rotatable bonds is 14. The summed E-state index contributed by atoms with van der Waals surface area (Å²) in [5.41, 5.74) is 2.49. The first-order valence-electron chi connectivity index (χ1n) is 12.1. The van der Waals surface area contributed by atoms with Crippen molar-refractivity contribution in [3.05, 3.63) is 96.1 Å². The van der Waals surface area contributed by atoms with E-state index in [1.54, 1.807) is 37.4 Å². The smallest absolute Gasteiger partial charge is 0.235 e. The molecule has 0 aliphatic heterocycles. The van der Waals surface area contributed by atoms with Crippen molar-refractivity contribution < 1.29 is 23.1 Å². The van der Waals surface area contributed by atoms with Crippen molar-refractivity contribution in [2.24, 2.45) is 0 Å². The number of benzene rings is 3. The van der Waals surface area contributed by atoms with Crippen molar-refractivity contribution in [1.29, 1.82) is 0 Å². The molecule has 0 heterocycles. The number of amides is 1. The molecule has 0 aromatic heterocycles. The molecule has 0 saturated carbocycles. The Morgan fingerprint density at radius 1 is 0.973 bits per heavy atom. The molecule has 0 spiro atoms. The number of hydrogen-bond donors (Lipinski definition) is 3. The Hall–Kier alpha value is -3.40. The van der Waals surface area contributed by atoms with Gasteiger partial charge in [-0.05, 0) is 41.8 Å². The molecule has 0 aliphatic rings. The number of aliphatic hydroxyl groups excluding tert-OH is 1. The fraction of sp³-hybridized carbons (Fsp3) is 0.321. The first-order chi connectivity index (χ1) is 17.8. The summed E-state index contributed by atoms with van der Waals surface area (Å²) in [6, 6.07) is 25.3. The van der Waals surface area contributed by atoms with E-state index in [2.05, 4.69) is 10.6 Å². The zero-order chi connectivity index (χ0) is 26.7. The number of para-hydroxylation sites is 1. The summed E-state index contributed by atoms with van der Waals surface area (Å²) in [7, 11) is -0.607. The summed E-state index contributed by atoms with van der Waals surface area (Å²) in [4.78, 5) is 12.8. The number of ether oxygens (including phenoxy) is 1. The molecule has 0 saturated heterocycles. The Labute approximate surface area is 219 Å². The quantitative estimate of drug-likeness (QED) is 0.299. The van der Waals surface area contributed by atoms with Gasteiger partial charge in [-0.3, -0.25) is 9.10 Å². The van der Waals surface area contributed by atoms with Crippen molar-refractivity contribution in [1.82, 2.24) is 10.6 Å². The molecule has 3 aromatic rings. The number of carbonyl (C=O) groups excluding carboxylic acids is 1. The first kappa shape index (κ1) is 28.2. The van der Waals surface area contributed by atoms with Gasteiger partial charge >= 0.3 is 0 Å². The van der Waals surface area contributed by atoms with E-state index >= 15 is 0 Å². The van der Waals surface area contributed by atoms with Crippen LogP contribution in [0, 0.1) is 0 Å². The highest BCUT2D eigenvalue weighted by Gasteiger charge is 2.24. The predicted octanol–water partition coefficient (Wildman–Crippen LogP) is 2.73. The molecule has 3 rings (SSSR count). The highest BCUT2D eigenvalue weighted by Crippen LogP contribution is 2.16. The summed E-state index contributed by atoms with van der Waals surface area (Å²) in [6.07, 6.45) is -0.696. The average Bonchev–Trinajstić information content (AvgIpc) is 2.92. The lowest BCUT2D eigenvalue weighted by molar-refractivity contribution is -0.122. The molecule has 0 aliphatic carbocycles. The minimum Gasteiger partial charge on any atom is -0.497 e. The summed E-state index contributed by atoms with van der Waals surface area (Å²) < 4.78 is 31.9. The van der Waals surface area contributed by atoms with Crippen LogP contribution in [0.2, 0.25) is 0 Å². The number of nitrogens with zero attached hydrogens (tertiary/aromatic N) is 1. The van der Waals surface area contributed by atoms with Crippen LogP contribution in [0.1, 0.15) is 17.5 Å². The minimum atomic E-state index is -3.69. The van der Waals surface area contributed by atoms with E-state index in [0.717, 1.165) is 16.9 Å². The van der Waals surface area contributed by atoms with Crippen molar-refractivity contribution in [2.45, 2.75) is 31.5 Å².